The highest BCUT2D eigenvalue weighted by Gasteiger charge is 2.28. The van der Waals surface area contributed by atoms with E-state index in [-0.39, 0.29) is 22.4 Å². The quantitative estimate of drug-likeness (QED) is 0.338. The smallest absolute Gasteiger partial charge is 0.307 e. The first-order valence-electron chi connectivity index (χ1n) is 10.5. The highest BCUT2D eigenvalue weighted by Crippen LogP contribution is 2.36. The molecule has 0 heterocycles. The Morgan fingerprint density at radius 1 is 0.933 bits per heavy atom. The van der Waals surface area contributed by atoms with Crippen LogP contribution in [0.15, 0.2) is 60.7 Å². The van der Waals surface area contributed by atoms with Crippen molar-refractivity contribution in [3.8, 4) is 6.07 Å². The number of rotatable bonds is 12. The zero-order valence-electron chi connectivity index (χ0n) is 18.0. The molecule has 5 heteroatoms. The van der Waals surface area contributed by atoms with Crippen molar-refractivity contribution in [2.24, 2.45) is 5.92 Å². The van der Waals surface area contributed by atoms with Gasteiger partial charge in [-0.2, -0.15) is 28.8 Å². The van der Waals surface area contributed by atoms with Crippen LogP contribution in [0.2, 0.25) is 0 Å². The molecule has 0 saturated heterocycles. The summed E-state index contributed by atoms with van der Waals surface area (Å²) in [4.78, 5) is 12.9. The average molecular weight is 442 g/mol. The average Bonchev–Trinajstić information content (AvgIpc) is 2.78. The van der Waals surface area contributed by atoms with E-state index in [9.17, 15) is 10.1 Å². The lowest BCUT2D eigenvalue weighted by atomic mass is 9.98. The number of esters is 1. The summed E-state index contributed by atoms with van der Waals surface area (Å²) in [5, 5.41) is 9.78. The molecule has 0 amide bonds. The van der Waals surface area contributed by atoms with E-state index in [1.807, 2.05) is 55.1 Å². The van der Waals surface area contributed by atoms with Crippen molar-refractivity contribution < 1.29 is 9.53 Å². The van der Waals surface area contributed by atoms with Gasteiger partial charge in [0.25, 0.3) is 0 Å². The van der Waals surface area contributed by atoms with Gasteiger partial charge in [-0.25, -0.2) is 0 Å². The molecule has 0 radical (unpaired) electrons. The molecule has 0 spiro atoms. The van der Waals surface area contributed by atoms with Crippen LogP contribution in [-0.4, -0.2) is 23.6 Å². The van der Waals surface area contributed by atoms with Crippen LogP contribution in [-0.2, 0) is 9.53 Å². The third kappa shape index (κ3) is 7.74. The molecule has 30 heavy (non-hydrogen) atoms. The van der Waals surface area contributed by atoms with Crippen molar-refractivity contribution in [1.29, 1.82) is 5.26 Å². The Kier molecular flexibility index (Phi) is 10.9. The third-order valence-corrected chi connectivity index (χ3v) is 7.30. The molecular weight excluding hydrogens is 410 g/mol. The number of carbonyl (C=O) groups excluding carboxylic acids is 1. The standard InChI is InChI=1S/C25H31NO2S2/c1-4-29-23(20-12-8-6-9-13-20)16-22(19(3)18-26)28-25(27)17-24(30-5-2)21-14-10-7-11-15-21/h6-15,19,22-24H,4-5,16-17H2,1-3H3. The molecule has 4 atom stereocenters. The predicted molar refractivity (Wildman–Crippen MR) is 129 cm³/mol. The van der Waals surface area contributed by atoms with Gasteiger partial charge >= 0.3 is 5.97 Å². The van der Waals surface area contributed by atoms with Crippen molar-refractivity contribution in [1.82, 2.24) is 0 Å². The molecule has 2 rings (SSSR count). The topological polar surface area (TPSA) is 50.1 Å². The SMILES string of the molecule is CCSC(CC(=O)OC(CC(SCC)c1ccccc1)C(C)C#N)c1ccccc1. The number of hydrogen-bond acceptors (Lipinski definition) is 5. The third-order valence-electron chi connectivity index (χ3n) is 4.92. The van der Waals surface area contributed by atoms with Gasteiger partial charge in [0, 0.05) is 16.9 Å². The lowest BCUT2D eigenvalue weighted by molar-refractivity contribution is -0.151. The second-order valence-electron chi connectivity index (χ2n) is 7.10. The van der Waals surface area contributed by atoms with Crippen LogP contribution < -0.4 is 0 Å². The van der Waals surface area contributed by atoms with Crippen LogP contribution in [0.1, 0.15) is 55.2 Å². The Morgan fingerprint density at radius 3 is 1.93 bits per heavy atom. The highest BCUT2D eigenvalue weighted by atomic mass is 32.2. The minimum atomic E-state index is -0.421. The van der Waals surface area contributed by atoms with E-state index >= 15 is 0 Å². The Hall–Kier alpha value is -1.90. The molecular formula is C25H31NO2S2. The van der Waals surface area contributed by atoms with E-state index in [2.05, 4.69) is 44.2 Å². The zero-order valence-corrected chi connectivity index (χ0v) is 19.6. The van der Waals surface area contributed by atoms with Crippen molar-refractivity contribution in [3.05, 3.63) is 71.8 Å². The van der Waals surface area contributed by atoms with Gasteiger partial charge in [-0.05, 0) is 29.6 Å². The van der Waals surface area contributed by atoms with Gasteiger partial charge in [0.15, 0.2) is 0 Å². The molecule has 0 N–H and O–H groups in total. The number of nitriles is 1. The lowest BCUT2D eigenvalue weighted by Crippen LogP contribution is -2.27. The number of carbonyl (C=O) groups is 1. The molecule has 3 nitrogen and oxygen atoms in total. The zero-order chi connectivity index (χ0) is 21.8. The first-order chi connectivity index (χ1) is 14.6. The first-order valence-corrected chi connectivity index (χ1v) is 12.6. The molecule has 4 unspecified atom stereocenters. The summed E-state index contributed by atoms with van der Waals surface area (Å²) in [6, 6.07) is 22.6. The molecule has 0 bridgehead atoms. The fourth-order valence-corrected chi connectivity index (χ4v) is 5.41. The molecule has 160 valence electrons. The Labute approximate surface area is 189 Å². The van der Waals surface area contributed by atoms with Crippen molar-refractivity contribution in [2.45, 2.75) is 50.2 Å². The van der Waals surface area contributed by atoms with Gasteiger partial charge in [-0.15, -0.1) is 0 Å². The summed E-state index contributed by atoms with van der Waals surface area (Å²) < 4.78 is 5.91. The number of thioether (sulfide) groups is 2. The normalized spacial score (nSPS) is 14.9. The summed E-state index contributed by atoms with van der Waals surface area (Å²) in [6.07, 6.45) is 0.531. The van der Waals surface area contributed by atoms with Gasteiger partial charge in [0.1, 0.15) is 6.10 Å². The molecule has 2 aromatic carbocycles. The largest absolute Gasteiger partial charge is 0.461 e. The molecule has 2 aromatic rings. The molecule has 0 aromatic heterocycles. The Morgan fingerprint density at radius 2 is 1.43 bits per heavy atom. The van der Waals surface area contributed by atoms with E-state index in [0.29, 0.717) is 12.8 Å². The van der Waals surface area contributed by atoms with Crippen LogP contribution in [0.25, 0.3) is 0 Å². The van der Waals surface area contributed by atoms with Gasteiger partial charge < -0.3 is 4.74 Å². The van der Waals surface area contributed by atoms with E-state index < -0.39 is 6.10 Å². The van der Waals surface area contributed by atoms with E-state index in [0.717, 1.165) is 17.1 Å². The fraction of sp³-hybridized carbons (Fsp3) is 0.440. The summed E-state index contributed by atoms with van der Waals surface area (Å²) in [5.74, 6) is 1.30. The van der Waals surface area contributed by atoms with E-state index in [1.54, 1.807) is 11.8 Å². The van der Waals surface area contributed by atoms with Crippen molar-refractivity contribution >= 4 is 29.5 Å². The number of benzene rings is 2. The second kappa shape index (κ2) is 13.4. The van der Waals surface area contributed by atoms with Crippen LogP contribution in [0.4, 0.5) is 0 Å². The van der Waals surface area contributed by atoms with Crippen LogP contribution in [0, 0.1) is 17.2 Å². The summed E-state index contributed by atoms with van der Waals surface area (Å²) in [6.45, 7) is 6.06. The van der Waals surface area contributed by atoms with Crippen LogP contribution >= 0.6 is 23.5 Å². The van der Waals surface area contributed by atoms with Gasteiger partial charge in [0.2, 0.25) is 0 Å². The van der Waals surface area contributed by atoms with Gasteiger partial charge in [0.05, 0.1) is 18.4 Å². The molecule has 0 aliphatic rings. The van der Waals surface area contributed by atoms with Crippen LogP contribution in [0.5, 0.6) is 0 Å². The number of hydrogen-bond donors (Lipinski definition) is 0. The Bertz CT molecular complexity index is 792. The van der Waals surface area contributed by atoms with E-state index in [4.69, 9.17) is 4.74 Å². The molecule has 0 aliphatic heterocycles. The van der Waals surface area contributed by atoms with Crippen LogP contribution in [0.3, 0.4) is 0 Å². The fourth-order valence-electron chi connectivity index (χ4n) is 3.33. The molecule has 0 fully saturated rings. The maximum absolute atomic E-state index is 12.9. The van der Waals surface area contributed by atoms with Gasteiger partial charge in [-0.1, -0.05) is 74.5 Å². The monoisotopic (exact) mass is 441 g/mol. The maximum Gasteiger partial charge on any atom is 0.307 e. The predicted octanol–water partition coefficient (Wildman–Crippen LogP) is 6.83. The minimum absolute atomic E-state index is 0.0664. The minimum Gasteiger partial charge on any atom is -0.461 e. The number of nitrogens with zero attached hydrogens (tertiary/aromatic N) is 1. The van der Waals surface area contributed by atoms with E-state index in [1.165, 1.54) is 5.56 Å². The highest BCUT2D eigenvalue weighted by molar-refractivity contribution is 7.99. The summed E-state index contributed by atoms with van der Waals surface area (Å²) >= 11 is 3.57. The van der Waals surface area contributed by atoms with Gasteiger partial charge in [-0.3, -0.25) is 4.79 Å². The first kappa shape index (κ1) is 24.4. The van der Waals surface area contributed by atoms with Crippen molar-refractivity contribution in [3.63, 3.8) is 0 Å². The number of ether oxygens (including phenoxy) is 1. The summed E-state index contributed by atoms with van der Waals surface area (Å²) in [5.41, 5.74) is 2.34. The maximum atomic E-state index is 12.9. The van der Waals surface area contributed by atoms with Crippen molar-refractivity contribution in [2.75, 3.05) is 11.5 Å². The second-order valence-corrected chi connectivity index (χ2v) is 10.1. The Balaban J connectivity index is 2.10. The summed E-state index contributed by atoms with van der Waals surface area (Å²) in [7, 11) is 0. The lowest BCUT2D eigenvalue weighted by Gasteiger charge is -2.26. The molecule has 0 aliphatic carbocycles. The molecule has 0 saturated carbocycles.